The second-order valence-corrected chi connectivity index (χ2v) is 4.38. The molecule has 0 aliphatic heterocycles. The minimum Gasteiger partial charge on any atom is -0.618 e. The van der Waals surface area contributed by atoms with Crippen molar-refractivity contribution in [3.8, 4) is 0 Å². The normalized spacial score (nSPS) is 10.3. The zero-order valence-corrected chi connectivity index (χ0v) is 10.8. The standard InChI is InChI=1S/C13H9ClF2N2O2/c14-12-4-2-9(7-18(12)20)13(19)17-6-8-1-3-10(15)11(16)5-8/h1-5,7H,6H2,(H,17,19). The molecular formula is C13H9ClF2N2O2. The third kappa shape index (κ3) is 3.21. The van der Waals surface area contributed by atoms with Gasteiger partial charge in [0, 0.05) is 12.6 Å². The van der Waals surface area contributed by atoms with Gasteiger partial charge in [0.1, 0.15) is 5.56 Å². The smallest absolute Gasteiger partial charge is 0.286 e. The third-order valence-corrected chi connectivity index (χ3v) is 2.86. The van der Waals surface area contributed by atoms with Gasteiger partial charge in [0.2, 0.25) is 0 Å². The van der Waals surface area contributed by atoms with E-state index in [-0.39, 0.29) is 17.3 Å². The average molecular weight is 299 g/mol. The number of hydrogen-bond donors (Lipinski definition) is 1. The summed E-state index contributed by atoms with van der Waals surface area (Å²) >= 11 is 5.53. The summed E-state index contributed by atoms with van der Waals surface area (Å²) in [5.41, 5.74) is 0.521. The van der Waals surface area contributed by atoms with Crippen LogP contribution in [0, 0.1) is 16.8 Å². The second kappa shape index (κ2) is 5.83. The molecule has 0 aliphatic carbocycles. The monoisotopic (exact) mass is 298 g/mol. The second-order valence-electron chi connectivity index (χ2n) is 4.00. The van der Waals surface area contributed by atoms with Gasteiger partial charge >= 0.3 is 0 Å². The van der Waals surface area contributed by atoms with Crippen LogP contribution in [0.1, 0.15) is 15.9 Å². The fourth-order valence-electron chi connectivity index (χ4n) is 1.53. The van der Waals surface area contributed by atoms with E-state index in [1.54, 1.807) is 0 Å². The minimum atomic E-state index is -0.986. The highest BCUT2D eigenvalue weighted by Gasteiger charge is 2.11. The molecule has 1 heterocycles. The molecule has 0 aliphatic rings. The van der Waals surface area contributed by atoms with E-state index in [0.29, 0.717) is 10.3 Å². The SMILES string of the molecule is O=C(NCc1ccc(F)c(F)c1)c1ccc(Cl)[n+]([O-])c1. The molecule has 1 aromatic heterocycles. The summed E-state index contributed by atoms with van der Waals surface area (Å²) in [4.78, 5) is 11.8. The van der Waals surface area contributed by atoms with E-state index in [1.165, 1.54) is 18.2 Å². The Labute approximate surface area is 118 Å². The lowest BCUT2D eigenvalue weighted by Gasteiger charge is -2.06. The Bertz CT molecular complexity index is 665. The van der Waals surface area contributed by atoms with E-state index in [9.17, 15) is 18.8 Å². The molecule has 0 saturated carbocycles. The van der Waals surface area contributed by atoms with Crippen molar-refractivity contribution < 1.29 is 18.3 Å². The van der Waals surface area contributed by atoms with Gasteiger partial charge in [0.05, 0.1) is 0 Å². The number of carbonyl (C=O) groups is 1. The maximum atomic E-state index is 13.0. The summed E-state index contributed by atoms with van der Waals surface area (Å²) in [6.45, 7) is 0.0114. The molecule has 4 nitrogen and oxygen atoms in total. The molecule has 1 N–H and O–H groups in total. The van der Waals surface area contributed by atoms with E-state index in [2.05, 4.69) is 5.32 Å². The van der Waals surface area contributed by atoms with Crippen molar-refractivity contribution >= 4 is 17.5 Å². The highest BCUT2D eigenvalue weighted by atomic mass is 35.5. The molecule has 0 saturated heterocycles. The van der Waals surface area contributed by atoms with Gasteiger partial charge in [0.25, 0.3) is 11.1 Å². The summed E-state index contributed by atoms with van der Waals surface area (Å²) in [6.07, 6.45) is 1.03. The molecule has 0 spiro atoms. The number of pyridine rings is 1. The van der Waals surface area contributed by atoms with Crippen LogP contribution in [0.5, 0.6) is 0 Å². The molecule has 2 rings (SSSR count). The molecule has 0 fully saturated rings. The summed E-state index contributed by atoms with van der Waals surface area (Å²) in [6, 6.07) is 6.00. The summed E-state index contributed by atoms with van der Waals surface area (Å²) in [5, 5.41) is 13.6. The van der Waals surface area contributed by atoms with Crippen LogP contribution in [0.25, 0.3) is 0 Å². The Balaban J connectivity index is 2.04. The van der Waals surface area contributed by atoms with E-state index in [1.807, 2.05) is 0 Å². The number of hydrogen-bond acceptors (Lipinski definition) is 2. The number of carbonyl (C=O) groups excluding carboxylic acids is 1. The maximum Gasteiger partial charge on any atom is 0.286 e. The van der Waals surface area contributed by atoms with Gasteiger partial charge in [-0.15, -0.1) is 0 Å². The van der Waals surface area contributed by atoms with Crippen molar-refractivity contribution in [1.29, 1.82) is 0 Å². The zero-order valence-electron chi connectivity index (χ0n) is 10.1. The quantitative estimate of drug-likeness (QED) is 0.536. The van der Waals surface area contributed by atoms with Crippen molar-refractivity contribution in [2.45, 2.75) is 6.54 Å². The molecular weight excluding hydrogens is 290 g/mol. The zero-order chi connectivity index (χ0) is 14.7. The first-order chi connectivity index (χ1) is 9.47. The van der Waals surface area contributed by atoms with E-state index in [0.717, 1.165) is 18.3 Å². The lowest BCUT2D eigenvalue weighted by Crippen LogP contribution is -2.31. The van der Waals surface area contributed by atoms with Crippen molar-refractivity contribution in [2.75, 3.05) is 0 Å². The van der Waals surface area contributed by atoms with Crippen LogP contribution in [0.4, 0.5) is 8.78 Å². The molecule has 0 unspecified atom stereocenters. The van der Waals surface area contributed by atoms with Gasteiger partial charge in [-0.2, -0.15) is 4.73 Å². The Morgan fingerprint density at radius 1 is 1.25 bits per heavy atom. The van der Waals surface area contributed by atoms with Crippen LogP contribution >= 0.6 is 11.6 Å². The largest absolute Gasteiger partial charge is 0.618 e. The Hall–Kier alpha value is -2.21. The fourth-order valence-corrected chi connectivity index (χ4v) is 1.64. The van der Waals surface area contributed by atoms with Gasteiger partial charge < -0.3 is 10.5 Å². The van der Waals surface area contributed by atoms with E-state index in [4.69, 9.17) is 11.6 Å². The lowest BCUT2D eigenvalue weighted by molar-refractivity contribution is -0.603. The maximum absolute atomic E-state index is 13.0. The van der Waals surface area contributed by atoms with Gasteiger partial charge in [-0.1, -0.05) is 6.07 Å². The van der Waals surface area contributed by atoms with Gasteiger partial charge in [-0.05, 0) is 35.4 Å². The fraction of sp³-hybridized carbons (Fsp3) is 0.0769. The first-order valence-corrected chi connectivity index (χ1v) is 5.96. The van der Waals surface area contributed by atoms with Gasteiger partial charge in [-0.25, -0.2) is 8.78 Å². The highest BCUT2D eigenvalue weighted by Crippen LogP contribution is 2.09. The predicted molar refractivity (Wildman–Crippen MR) is 67.9 cm³/mol. The molecule has 0 bridgehead atoms. The van der Waals surface area contributed by atoms with Crippen LogP contribution in [0.2, 0.25) is 5.15 Å². The van der Waals surface area contributed by atoms with Crippen LogP contribution in [-0.2, 0) is 6.54 Å². The van der Waals surface area contributed by atoms with Gasteiger partial charge in [-0.3, -0.25) is 4.79 Å². The number of halogens is 3. The Morgan fingerprint density at radius 3 is 2.65 bits per heavy atom. The van der Waals surface area contributed by atoms with Crippen LogP contribution in [-0.4, -0.2) is 5.91 Å². The topological polar surface area (TPSA) is 56.0 Å². The Kier molecular flexibility index (Phi) is 4.14. The molecule has 104 valence electrons. The van der Waals surface area contributed by atoms with Crippen LogP contribution in [0.3, 0.4) is 0 Å². The molecule has 20 heavy (non-hydrogen) atoms. The van der Waals surface area contributed by atoms with Crippen LogP contribution in [0.15, 0.2) is 36.5 Å². The van der Waals surface area contributed by atoms with Crippen molar-refractivity contribution in [3.05, 3.63) is 69.7 Å². The van der Waals surface area contributed by atoms with E-state index < -0.39 is 17.5 Å². The molecule has 0 radical (unpaired) electrons. The average Bonchev–Trinajstić information content (AvgIpc) is 2.43. The number of aromatic nitrogens is 1. The molecule has 1 amide bonds. The first-order valence-electron chi connectivity index (χ1n) is 5.58. The Morgan fingerprint density at radius 2 is 2.00 bits per heavy atom. The number of amides is 1. The summed E-state index contributed by atoms with van der Waals surface area (Å²) < 4.78 is 26.1. The molecule has 1 aromatic carbocycles. The third-order valence-electron chi connectivity index (χ3n) is 2.57. The summed E-state index contributed by atoms with van der Waals surface area (Å²) in [5.74, 6) is -2.46. The predicted octanol–water partition coefficient (Wildman–Crippen LogP) is 2.18. The molecule has 7 heteroatoms. The number of nitrogens with zero attached hydrogens (tertiary/aromatic N) is 1. The van der Waals surface area contributed by atoms with E-state index >= 15 is 0 Å². The number of nitrogens with one attached hydrogen (secondary N) is 1. The van der Waals surface area contributed by atoms with Gasteiger partial charge in [0.15, 0.2) is 17.8 Å². The van der Waals surface area contributed by atoms with Crippen LogP contribution < -0.4 is 10.0 Å². The minimum absolute atomic E-state index is 0.0114. The summed E-state index contributed by atoms with van der Waals surface area (Å²) in [7, 11) is 0. The van der Waals surface area contributed by atoms with Crippen molar-refractivity contribution in [2.24, 2.45) is 0 Å². The number of rotatable bonds is 3. The molecule has 2 aromatic rings. The van der Waals surface area contributed by atoms with Crippen molar-refractivity contribution in [3.63, 3.8) is 0 Å². The first kappa shape index (κ1) is 14.2. The molecule has 0 atom stereocenters. The van der Waals surface area contributed by atoms with Crippen molar-refractivity contribution in [1.82, 2.24) is 5.32 Å². The lowest BCUT2D eigenvalue weighted by atomic mass is 10.2. The highest BCUT2D eigenvalue weighted by molar-refractivity contribution is 6.28. The number of benzene rings is 1.